The summed E-state index contributed by atoms with van der Waals surface area (Å²) in [5.74, 6) is 0. The Labute approximate surface area is 130 Å². The molecule has 0 unspecified atom stereocenters. The first-order valence-electron chi connectivity index (χ1n) is 6.11. The van der Waals surface area contributed by atoms with Crippen molar-refractivity contribution >= 4 is 10.4 Å². The normalized spacial score (nSPS) is 10.1. The molecule has 0 rings (SSSR count). The topological polar surface area (TPSA) is 74.6 Å². The first-order valence-corrected chi connectivity index (χ1v) is 7.51. The van der Waals surface area contributed by atoms with Crippen molar-refractivity contribution in [3.63, 3.8) is 0 Å². The van der Waals surface area contributed by atoms with Crippen LogP contribution in [0.1, 0.15) is 73.1 Å². The van der Waals surface area contributed by atoms with Gasteiger partial charge in [0.15, 0.2) is 0 Å². The predicted octanol–water partition coefficient (Wildman–Crippen LogP) is 1.00. The standard InChI is InChI=1S/C11H24.Na.H2O4S.H/c1-3-5-7-9-11-10-8-6-4-2;;1-5(2,3)4;/h3-11H2,1-2H3;;(H2,1,2,3,4);/q;+1;;-1. The fourth-order valence-electron chi connectivity index (χ4n) is 1.38. The average Bonchev–Trinajstić information content (AvgIpc) is 2.14. The van der Waals surface area contributed by atoms with Gasteiger partial charge in [0.05, 0.1) is 0 Å². The largest absolute Gasteiger partial charge is 1.00 e. The van der Waals surface area contributed by atoms with Crippen LogP contribution < -0.4 is 29.6 Å². The maximum absolute atomic E-state index is 8.74. The van der Waals surface area contributed by atoms with E-state index in [1.807, 2.05) is 0 Å². The fraction of sp³-hybridized carbons (Fsp3) is 1.00. The predicted molar refractivity (Wildman–Crippen MR) is 68.2 cm³/mol. The molecule has 102 valence electrons. The molecule has 0 aromatic carbocycles. The van der Waals surface area contributed by atoms with E-state index in [1.54, 1.807) is 0 Å². The molecular formula is C11H27NaO4S. The monoisotopic (exact) mass is 278 g/mol. The van der Waals surface area contributed by atoms with E-state index >= 15 is 0 Å². The Kier molecular flexibility index (Phi) is 22.8. The van der Waals surface area contributed by atoms with Gasteiger partial charge >= 0.3 is 40.0 Å². The second-order valence-electron chi connectivity index (χ2n) is 3.92. The van der Waals surface area contributed by atoms with E-state index in [1.165, 1.54) is 57.8 Å². The van der Waals surface area contributed by atoms with Crippen LogP contribution >= 0.6 is 0 Å². The molecule has 0 aliphatic heterocycles. The average molecular weight is 278 g/mol. The van der Waals surface area contributed by atoms with Gasteiger partial charge < -0.3 is 1.43 Å². The van der Waals surface area contributed by atoms with Gasteiger partial charge in [0.1, 0.15) is 0 Å². The molecule has 0 aromatic rings. The second kappa shape index (κ2) is 16.9. The molecule has 0 heterocycles. The van der Waals surface area contributed by atoms with Crippen LogP contribution in [-0.2, 0) is 10.4 Å². The van der Waals surface area contributed by atoms with Crippen molar-refractivity contribution < 1.29 is 48.5 Å². The Balaban J connectivity index is -0.000000122. The van der Waals surface area contributed by atoms with E-state index < -0.39 is 10.4 Å². The summed E-state index contributed by atoms with van der Waals surface area (Å²) < 4.78 is 31.6. The SMILES string of the molecule is CCCCCCCCCCC.O=S(=O)(O)O.[H-].[Na+]. The molecule has 0 saturated heterocycles. The molecule has 0 saturated carbocycles. The van der Waals surface area contributed by atoms with Gasteiger partial charge in [-0.3, -0.25) is 9.11 Å². The van der Waals surface area contributed by atoms with E-state index in [-0.39, 0.29) is 31.0 Å². The summed E-state index contributed by atoms with van der Waals surface area (Å²) in [5, 5.41) is 0. The second-order valence-corrected chi connectivity index (χ2v) is 4.82. The summed E-state index contributed by atoms with van der Waals surface area (Å²) >= 11 is 0. The van der Waals surface area contributed by atoms with E-state index in [4.69, 9.17) is 17.5 Å². The minimum absolute atomic E-state index is 0. The zero-order chi connectivity index (χ0) is 12.9. The van der Waals surface area contributed by atoms with Crippen LogP contribution in [0.5, 0.6) is 0 Å². The van der Waals surface area contributed by atoms with Crippen LogP contribution in [0.4, 0.5) is 0 Å². The van der Waals surface area contributed by atoms with Crippen LogP contribution in [0, 0.1) is 0 Å². The van der Waals surface area contributed by atoms with Gasteiger partial charge in [-0.1, -0.05) is 71.6 Å². The smallest absolute Gasteiger partial charge is 1.00 e. The Hall–Kier alpha value is 0.870. The minimum atomic E-state index is -4.67. The maximum Gasteiger partial charge on any atom is 1.00 e. The van der Waals surface area contributed by atoms with Crippen LogP contribution in [0.25, 0.3) is 0 Å². The molecule has 0 fully saturated rings. The molecule has 0 aliphatic rings. The molecule has 17 heavy (non-hydrogen) atoms. The quantitative estimate of drug-likeness (QED) is 0.395. The first-order chi connectivity index (χ1) is 7.41. The first kappa shape index (κ1) is 23.0. The van der Waals surface area contributed by atoms with Gasteiger partial charge in [0.2, 0.25) is 0 Å². The molecule has 4 nitrogen and oxygen atoms in total. The van der Waals surface area contributed by atoms with E-state index in [0.717, 1.165) is 0 Å². The molecular weight excluding hydrogens is 251 g/mol. The summed E-state index contributed by atoms with van der Waals surface area (Å²) in [6.45, 7) is 4.55. The van der Waals surface area contributed by atoms with Crippen molar-refractivity contribution in [1.82, 2.24) is 0 Å². The number of rotatable bonds is 8. The Morgan fingerprint density at radius 3 is 1.12 bits per heavy atom. The summed E-state index contributed by atoms with van der Waals surface area (Å²) in [5.41, 5.74) is 0. The molecule has 0 aromatic heterocycles. The third kappa shape index (κ3) is 47.4. The molecule has 6 heteroatoms. The maximum atomic E-state index is 8.74. The van der Waals surface area contributed by atoms with Gasteiger partial charge in [-0.2, -0.15) is 8.42 Å². The summed E-state index contributed by atoms with van der Waals surface area (Å²) in [4.78, 5) is 0. The van der Waals surface area contributed by atoms with Crippen molar-refractivity contribution in [1.29, 1.82) is 0 Å². The van der Waals surface area contributed by atoms with Crippen LogP contribution in [0.2, 0.25) is 0 Å². The Bertz CT molecular complexity index is 207. The molecule has 0 radical (unpaired) electrons. The van der Waals surface area contributed by atoms with Gasteiger partial charge in [0, 0.05) is 0 Å². The van der Waals surface area contributed by atoms with Gasteiger partial charge in [-0.15, -0.1) is 0 Å². The van der Waals surface area contributed by atoms with E-state index in [2.05, 4.69) is 13.8 Å². The summed E-state index contributed by atoms with van der Waals surface area (Å²) in [7, 11) is -4.67. The van der Waals surface area contributed by atoms with Crippen molar-refractivity contribution in [3.8, 4) is 0 Å². The zero-order valence-electron chi connectivity index (χ0n) is 12.5. The van der Waals surface area contributed by atoms with E-state index in [0.29, 0.717) is 0 Å². The van der Waals surface area contributed by atoms with Crippen molar-refractivity contribution in [2.45, 2.75) is 71.6 Å². The van der Waals surface area contributed by atoms with Crippen molar-refractivity contribution in [2.75, 3.05) is 0 Å². The molecule has 2 N–H and O–H groups in total. The van der Waals surface area contributed by atoms with Crippen molar-refractivity contribution in [2.24, 2.45) is 0 Å². The fourth-order valence-corrected chi connectivity index (χ4v) is 1.38. The molecule has 0 bridgehead atoms. The number of hydrogen-bond acceptors (Lipinski definition) is 2. The van der Waals surface area contributed by atoms with Crippen molar-refractivity contribution in [3.05, 3.63) is 0 Å². The Morgan fingerprint density at radius 2 is 0.941 bits per heavy atom. The third-order valence-electron chi connectivity index (χ3n) is 2.21. The van der Waals surface area contributed by atoms with Crippen LogP contribution in [-0.4, -0.2) is 17.5 Å². The van der Waals surface area contributed by atoms with Gasteiger partial charge in [0.25, 0.3) is 0 Å². The number of unbranched alkanes of at least 4 members (excludes halogenated alkanes) is 8. The van der Waals surface area contributed by atoms with E-state index in [9.17, 15) is 0 Å². The minimum Gasteiger partial charge on any atom is -1.00 e. The van der Waals surface area contributed by atoms with Gasteiger partial charge in [-0.05, 0) is 0 Å². The molecule has 0 amide bonds. The van der Waals surface area contributed by atoms with Crippen LogP contribution in [0.15, 0.2) is 0 Å². The summed E-state index contributed by atoms with van der Waals surface area (Å²) in [6, 6.07) is 0. The Morgan fingerprint density at radius 1 is 0.765 bits per heavy atom. The zero-order valence-corrected chi connectivity index (χ0v) is 14.3. The molecule has 0 spiro atoms. The summed E-state index contributed by atoms with van der Waals surface area (Å²) in [6.07, 6.45) is 13.0. The van der Waals surface area contributed by atoms with Crippen LogP contribution in [0.3, 0.4) is 0 Å². The molecule has 0 aliphatic carbocycles. The third-order valence-corrected chi connectivity index (χ3v) is 2.21. The number of hydrogen-bond donors (Lipinski definition) is 2. The van der Waals surface area contributed by atoms with Gasteiger partial charge in [-0.25, -0.2) is 0 Å². The molecule has 0 atom stereocenters.